The second kappa shape index (κ2) is 10.3. The quantitative estimate of drug-likeness (QED) is 0.385. The molecule has 0 aliphatic rings. The molecule has 0 saturated heterocycles. The third kappa shape index (κ3) is 8.65. The van der Waals surface area contributed by atoms with Crippen molar-refractivity contribution in [2.75, 3.05) is 5.75 Å². The van der Waals surface area contributed by atoms with E-state index in [1.54, 1.807) is 0 Å². The molecule has 0 aromatic heterocycles. The first kappa shape index (κ1) is 17.6. The van der Waals surface area contributed by atoms with Gasteiger partial charge >= 0.3 is 0 Å². The lowest BCUT2D eigenvalue weighted by Gasteiger charge is -2.13. The number of benzene rings is 1. The van der Waals surface area contributed by atoms with Gasteiger partial charge in [0, 0.05) is 5.75 Å². The molecule has 0 N–H and O–H groups in total. The Hall–Kier alpha value is -0.470. The van der Waals surface area contributed by atoms with Crippen molar-refractivity contribution in [1.29, 1.82) is 0 Å². The van der Waals surface area contributed by atoms with Crippen molar-refractivity contribution < 1.29 is 0 Å². The van der Waals surface area contributed by atoms with Crippen molar-refractivity contribution in [3.8, 4) is 0 Å². The summed E-state index contributed by atoms with van der Waals surface area (Å²) in [5.74, 6) is 7.57. The van der Waals surface area contributed by atoms with E-state index in [1.807, 2.05) is 0 Å². The van der Waals surface area contributed by atoms with Crippen LogP contribution in [0.1, 0.15) is 51.5 Å². The molecule has 20 heavy (non-hydrogen) atoms. The van der Waals surface area contributed by atoms with Crippen molar-refractivity contribution in [1.82, 2.24) is 0 Å². The van der Waals surface area contributed by atoms with Gasteiger partial charge in [-0.1, -0.05) is 68.2 Å². The minimum atomic E-state index is 0.273. The fourth-order valence-electron chi connectivity index (χ4n) is 2.26. The third-order valence-corrected chi connectivity index (χ3v) is 5.35. The van der Waals surface area contributed by atoms with Gasteiger partial charge in [-0.3, -0.25) is 0 Å². The molecule has 0 spiro atoms. The van der Waals surface area contributed by atoms with Gasteiger partial charge in [-0.25, -0.2) is 0 Å². The molecule has 0 bridgehead atoms. The Balaban J connectivity index is 2.12. The summed E-state index contributed by atoms with van der Waals surface area (Å²) in [5, 5.41) is 0. The summed E-state index contributed by atoms with van der Waals surface area (Å²) in [6, 6.07) is 10.7. The molecule has 2 heteroatoms. The Bertz CT molecular complexity index is 409. The maximum absolute atomic E-state index is 5.12. The van der Waals surface area contributed by atoms with Gasteiger partial charge in [-0.05, 0) is 48.3 Å². The Morgan fingerprint density at radius 1 is 1.20 bits per heavy atom. The lowest BCUT2D eigenvalue weighted by molar-refractivity contribution is 0.491. The van der Waals surface area contributed by atoms with Gasteiger partial charge in [0.2, 0.25) is 0 Å². The lowest BCUT2D eigenvalue weighted by atomic mass is 10.0. The summed E-state index contributed by atoms with van der Waals surface area (Å²) in [6.07, 6.45) is 6.36. The Kier molecular flexibility index (Phi) is 9.04. The van der Waals surface area contributed by atoms with Crippen LogP contribution in [-0.2, 0) is 5.75 Å². The summed E-state index contributed by atoms with van der Waals surface area (Å²) >= 11 is 5.12. The van der Waals surface area contributed by atoms with Crippen LogP contribution in [0.3, 0.4) is 0 Å². The van der Waals surface area contributed by atoms with Crippen LogP contribution in [0.5, 0.6) is 0 Å². The van der Waals surface area contributed by atoms with Crippen LogP contribution in [0.15, 0.2) is 30.3 Å². The summed E-state index contributed by atoms with van der Waals surface area (Å²) in [5.41, 5.74) is 1.43. The molecular weight excluding hydrogens is 280 g/mol. The van der Waals surface area contributed by atoms with Crippen molar-refractivity contribution in [2.45, 2.75) is 51.7 Å². The first-order chi connectivity index (χ1) is 9.58. The zero-order chi connectivity index (χ0) is 14.8. The molecule has 1 rings (SSSR count). The standard InChI is InChI=1S/C18H28S2/c1-16(9-7-8-10-17(2)19)13-14-20(3)15-18-11-5-4-6-12-18/h4-6,11-12,16H,3,7-10,13-15H2,1-2H3. The lowest BCUT2D eigenvalue weighted by Crippen LogP contribution is -1.99. The molecule has 0 radical (unpaired) electrons. The van der Waals surface area contributed by atoms with Gasteiger partial charge < -0.3 is 0 Å². The number of thiocarbonyl (C=S) groups is 1. The zero-order valence-corrected chi connectivity index (χ0v) is 14.6. The van der Waals surface area contributed by atoms with Crippen LogP contribution in [-0.4, -0.2) is 16.5 Å². The second-order valence-electron chi connectivity index (χ2n) is 5.79. The predicted octanol–water partition coefficient (Wildman–Crippen LogP) is 5.86. The number of hydrogen-bond donors (Lipinski definition) is 0. The van der Waals surface area contributed by atoms with E-state index in [0.717, 1.165) is 23.0 Å². The maximum Gasteiger partial charge on any atom is 0.0129 e. The first-order valence-electron chi connectivity index (χ1n) is 7.58. The Labute approximate surface area is 132 Å². The highest BCUT2D eigenvalue weighted by atomic mass is 32.2. The molecule has 2 atom stereocenters. The highest BCUT2D eigenvalue weighted by molar-refractivity contribution is 8.13. The van der Waals surface area contributed by atoms with Crippen LogP contribution in [0.2, 0.25) is 0 Å². The molecule has 0 saturated carbocycles. The Morgan fingerprint density at radius 2 is 1.90 bits per heavy atom. The summed E-state index contributed by atoms with van der Waals surface area (Å²) in [7, 11) is 0.273. The monoisotopic (exact) mass is 308 g/mol. The smallest absolute Gasteiger partial charge is 0.0129 e. The molecule has 0 heterocycles. The van der Waals surface area contributed by atoms with Gasteiger partial charge in [-0.15, -0.1) is 0 Å². The average molecular weight is 309 g/mol. The largest absolute Gasteiger partial charge is 0.189 e. The van der Waals surface area contributed by atoms with Crippen LogP contribution < -0.4 is 0 Å². The van der Waals surface area contributed by atoms with Crippen LogP contribution in [0.4, 0.5) is 0 Å². The maximum atomic E-state index is 5.12. The van der Waals surface area contributed by atoms with E-state index in [9.17, 15) is 0 Å². The third-order valence-electron chi connectivity index (χ3n) is 3.59. The average Bonchev–Trinajstić information content (AvgIpc) is 2.42. The summed E-state index contributed by atoms with van der Waals surface area (Å²) < 4.78 is 0. The van der Waals surface area contributed by atoms with Gasteiger partial charge in [0.05, 0.1) is 0 Å². The van der Waals surface area contributed by atoms with E-state index in [2.05, 4.69) is 50.0 Å². The minimum Gasteiger partial charge on any atom is -0.189 e. The number of hydrogen-bond acceptors (Lipinski definition) is 1. The van der Waals surface area contributed by atoms with E-state index in [-0.39, 0.29) is 10.5 Å². The molecule has 1 aromatic rings. The normalized spacial score (nSPS) is 13.9. The summed E-state index contributed by atoms with van der Waals surface area (Å²) in [4.78, 5) is 1.15. The topological polar surface area (TPSA) is 0 Å². The van der Waals surface area contributed by atoms with E-state index in [1.165, 1.54) is 37.0 Å². The molecule has 0 aliphatic heterocycles. The molecule has 112 valence electrons. The SMILES string of the molecule is C=S(CCC(C)CCCCC(C)=S)Cc1ccccc1. The van der Waals surface area contributed by atoms with Gasteiger partial charge in [0.25, 0.3) is 0 Å². The van der Waals surface area contributed by atoms with E-state index in [0.29, 0.717) is 0 Å². The molecule has 0 fully saturated rings. The van der Waals surface area contributed by atoms with Crippen LogP contribution in [0, 0.1) is 5.92 Å². The van der Waals surface area contributed by atoms with Crippen molar-refractivity contribution in [3.63, 3.8) is 0 Å². The molecule has 1 aromatic carbocycles. The number of unbranched alkanes of at least 4 members (excludes halogenated alkanes) is 1. The molecule has 0 aliphatic carbocycles. The number of rotatable bonds is 10. The fourth-order valence-corrected chi connectivity index (χ4v) is 3.95. The van der Waals surface area contributed by atoms with Crippen LogP contribution >= 0.6 is 22.7 Å². The highest BCUT2D eigenvalue weighted by Crippen LogP contribution is 2.23. The molecule has 0 amide bonds. The van der Waals surface area contributed by atoms with Crippen molar-refractivity contribution in [2.24, 2.45) is 5.92 Å². The molecular formula is C18H28S2. The zero-order valence-electron chi connectivity index (χ0n) is 12.9. The fraction of sp³-hybridized carbons (Fsp3) is 0.556. The van der Waals surface area contributed by atoms with Crippen molar-refractivity contribution in [3.05, 3.63) is 35.9 Å². The second-order valence-corrected chi connectivity index (χ2v) is 8.41. The van der Waals surface area contributed by atoms with Crippen molar-refractivity contribution >= 4 is 33.4 Å². The minimum absolute atomic E-state index is 0.273. The van der Waals surface area contributed by atoms with E-state index in [4.69, 9.17) is 12.2 Å². The van der Waals surface area contributed by atoms with Gasteiger partial charge in [-0.2, -0.15) is 10.5 Å². The Morgan fingerprint density at radius 3 is 2.55 bits per heavy atom. The molecule has 0 nitrogen and oxygen atoms in total. The predicted molar refractivity (Wildman–Crippen MR) is 100 cm³/mol. The van der Waals surface area contributed by atoms with Gasteiger partial charge in [0.15, 0.2) is 0 Å². The molecule has 2 unspecified atom stereocenters. The van der Waals surface area contributed by atoms with E-state index < -0.39 is 0 Å². The highest BCUT2D eigenvalue weighted by Gasteiger charge is 2.04. The van der Waals surface area contributed by atoms with Gasteiger partial charge in [0.1, 0.15) is 0 Å². The van der Waals surface area contributed by atoms with Crippen LogP contribution in [0.25, 0.3) is 0 Å². The summed E-state index contributed by atoms with van der Waals surface area (Å²) in [6.45, 7) is 4.43. The first-order valence-corrected chi connectivity index (χ1v) is 9.72. The van der Waals surface area contributed by atoms with E-state index >= 15 is 0 Å².